The van der Waals surface area contributed by atoms with Crippen LogP contribution in [0.5, 0.6) is 0 Å². The first-order valence-corrected chi connectivity index (χ1v) is 21.3. The average Bonchev–Trinajstić information content (AvgIpc) is 3.97. The van der Waals surface area contributed by atoms with Gasteiger partial charge in [-0.3, -0.25) is 0 Å². The minimum atomic E-state index is -0.179. The van der Waals surface area contributed by atoms with Crippen LogP contribution in [0.15, 0.2) is 185 Å². The summed E-state index contributed by atoms with van der Waals surface area (Å²) in [4.78, 5) is 2.40. The van der Waals surface area contributed by atoms with E-state index < -0.39 is 0 Å². The molecule has 0 N–H and O–H groups in total. The Hall–Kier alpha value is -7.36. The highest BCUT2D eigenvalue weighted by Crippen LogP contribution is 2.53. The van der Waals surface area contributed by atoms with Gasteiger partial charge in [-0.1, -0.05) is 137 Å². The lowest BCUT2D eigenvalue weighted by molar-refractivity contribution is 0.660. The lowest BCUT2D eigenvalue weighted by Gasteiger charge is -2.28. The summed E-state index contributed by atoms with van der Waals surface area (Å²) in [5.41, 5.74) is 19.1. The molecule has 0 fully saturated rings. The molecule has 0 bridgehead atoms. The molecular formula is C58H41NO2. The van der Waals surface area contributed by atoms with Gasteiger partial charge < -0.3 is 13.7 Å². The van der Waals surface area contributed by atoms with Crippen LogP contribution in [0.25, 0.3) is 88.0 Å². The topological polar surface area (TPSA) is 29.5 Å². The first kappa shape index (κ1) is 34.5. The molecule has 0 radical (unpaired) electrons. The molecule has 0 spiro atoms. The first-order valence-electron chi connectivity index (χ1n) is 21.3. The van der Waals surface area contributed by atoms with Gasteiger partial charge in [0.05, 0.1) is 11.4 Å². The van der Waals surface area contributed by atoms with Gasteiger partial charge in [0, 0.05) is 44.1 Å². The van der Waals surface area contributed by atoms with E-state index in [1.165, 1.54) is 55.5 Å². The normalized spacial score (nSPS) is 14.5. The van der Waals surface area contributed by atoms with Crippen LogP contribution >= 0.6 is 0 Å². The van der Waals surface area contributed by atoms with Crippen molar-refractivity contribution in [1.82, 2.24) is 0 Å². The minimum absolute atomic E-state index is 0.126. The largest absolute Gasteiger partial charge is 0.456 e. The molecule has 290 valence electrons. The van der Waals surface area contributed by atoms with Crippen molar-refractivity contribution >= 4 is 71.7 Å². The molecule has 2 aromatic heterocycles. The lowest BCUT2D eigenvalue weighted by Crippen LogP contribution is -2.16. The molecule has 61 heavy (non-hydrogen) atoms. The van der Waals surface area contributed by atoms with Gasteiger partial charge in [0.1, 0.15) is 16.7 Å². The number of rotatable bonds is 4. The van der Waals surface area contributed by atoms with Crippen molar-refractivity contribution in [3.63, 3.8) is 0 Å². The highest BCUT2D eigenvalue weighted by Gasteiger charge is 2.37. The van der Waals surface area contributed by atoms with Gasteiger partial charge in [-0.05, 0) is 127 Å². The van der Waals surface area contributed by atoms with Crippen molar-refractivity contribution < 1.29 is 8.83 Å². The van der Waals surface area contributed by atoms with Crippen LogP contribution in [0.4, 0.5) is 17.1 Å². The van der Waals surface area contributed by atoms with Crippen LogP contribution in [-0.4, -0.2) is 0 Å². The molecule has 0 atom stereocenters. The predicted octanol–water partition coefficient (Wildman–Crippen LogP) is 16.4. The summed E-state index contributed by atoms with van der Waals surface area (Å²) in [6.45, 7) is 9.41. The Morgan fingerprint density at radius 3 is 1.70 bits per heavy atom. The summed E-state index contributed by atoms with van der Waals surface area (Å²) in [6, 6.07) is 64.5. The Kier molecular flexibility index (Phi) is 6.85. The second-order valence-corrected chi connectivity index (χ2v) is 18.1. The summed E-state index contributed by atoms with van der Waals surface area (Å²) >= 11 is 0. The molecule has 0 saturated heterocycles. The number of fused-ring (bicyclic) bond motifs is 13. The van der Waals surface area contributed by atoms with Gasteiger partial charge in [0.25, 0.3) is 0 Å². The molecule has 0 aliphatic heterocycles. The number of furan rings is 2. The minimum Gasteiger partial charge on any atom is -0.456 e. The van der Waals surface area contributed by atoms with Crippen LogP contribution in [-0.2, 0) is 10.8 Å². The van der Waals surface area contributed by atoms with E-state index in [1.807, 2.05) is 6.07 Å². The zero-order valence-electron chi connectivity index (χ0n) is 34.5. The Morgan fingerprint density at radius 1 is 0.361 bits per heavy atom. The number of hydrogen-bond acceptors (Lipinski definition) is 3. The predicted molar refractivity (Wildman–Crippen MR) is 254 cm³/mol. The van der Waals surface area contributed by atoms with E-state index in [2.05, 4.69) is 202 Å². The second kappa shape index (κ2) is 12.1. The molecule has 2 aliphatic rings. The highest BCUT2D eigenvalue weighted by molar-refractivity contribution is 6.15. The third kappa shape index (κ3) is 4.80. The van der Waals surface area contributed by atoms with E-state index in [0.717, 1.165) is 71.9 Å². The third-order valence-electron chi connectivity index (χ3n) is 14.0. The van der Waals surface area contributed by atoms with E-state index >= 15 is 0 Å². The summed E-state index contributed by atoms with van der Waals surface area (Å²) in [5, 5.41) is 6.74. The lowest BCUT2D eigenvalue weighted by atomic mass is 9.81. The van der Waals surface area contributed by atoms with Crippen molar-refractivity contribution in [3.8, 4) is 33.4 Å². The van der Waals surface area contributed by atoms with Gasteiger partial charge in [0.2, 0.25) is 0 Å². The van der Waals surface area contributed by atoms with Crippen LogP contribution in [0.2, 0.25) is 0 Å². The van der Waals surface area contributed by atoms with Gasteiger partial charge in [0.15, 0.2) is 5.58 Å². The number of anilines is 3. The second-order valence-electron chi connectivity index (χ2n) is 18.1. The van der Waals surface area contributed by atoms with Gasteiger partial charge in [-0.15, -0.1) is 0 Å². The number of para-hydroxylation sites is 1. The molecule has 9 aromatic carbocycles. The molecule has 0 amide bonds. The van der Waals surface area contributed by atoms with E-state index in [-0.39, 0.29) is 10.8 Å². The van der Waals surface area contributed by atoms with Gasteiger partial charge in [-0.2, -0.15) is 0 Å². The van der Waals surface area contributed by atoms with Crippen LogP contribution < -0.4 is 4.90 Å². The highest BCUT2D eigenvalue weighted by atomic mass is 16.3. The molecule has 0 saturated carbocycles. The summed E-state index contributed by atoms with van der Waals surface area (Å²) in [5.74, 6) is 0. The van der Waals surface area contributed by atoms with Crippen LogP contribution in [0, 0.1) is 0 Å². The van der Waals surface area contributed by atoms with Gasteiger partial charge in [-0.25, -0.2) is 0 Å². The smallest absolute Gasteiger partial charge is 0.159 e. The van der Waals surface area contributed by atoms with Gasteiger partial charge >= 0.3 is 0 Å². The van der Waals surface area contributed by atoms with Crippen molar-refractivity contribution in [2.75, 3.05) is 4.90 Å². The van der Waals surface area contributed by atoms with Crippen molar-refractivity contribution in [2.24, 2.45) is 0 Å². The molecule has 0 unspecified atom stereocenters. The maximum Gasteiger partial charge on any atom is 0.159 e. The van der Waals surface area contributed by atoms with Crippen LogP contribution in [0.1, 0.15) is 49.9 Å². The molecule has 2 heterocycles. The fourth-order valence-electron chi connectivity index (χ4n) is 10.9. The SMILES string of the molecule is CC1(C)c2ccccc2-c2ccc(-c3cc(N(c4ccc5c(c4)C(C)(C)c4ccccc4-5)c4ccc5c(c4)oc4ccccc45)c4oc5cc6ccccc6cc5c4c3)cc21. The summed E-state index contributed by atoms with van der Waals surface area (Å²) in [7, 11) is 0. The monoisotopic (exact) mass is 783 g/mol. The van der Waals surface area contributed by atoms with Crippen molar-refractivity contribution in [1.29, 1.82) is 0 Å². The summed E-state index contributed by atoms with van der Waals surface area (Å²) < 4.78 is 13.7. The molecule has 13 rings (SSSR count). The number of benzene rings is 9. The first-order chi connectivity index (χ1) is 29.7. The Bertz CT molecular complexity index is 3670. The quantitative estimate of drug-likeness (QED) is 0.178. The molecular weight excluding hydrogens is 743 g/mol. The van der Waals surface area contributed by atoms with E-state index in [1.54, 1.807) is 0 Å². The molecule has 11 aromatic rings. The average molecular weight is 784 g/mol. The van der Waals surface area contributed by atoms with Crippen LogP contribution in [0.3, 0.4) is 0 Å². The molecule has 2 aliphatic carbocycles. The maximum atomic E-state index is 7.11. The molecule has 3 nitrogen and oxygen atoms in total. The number of hydrogen-bond donors (Lipinski definition) is 0. The zero-order valence-corrected chi connectivity index (χ0v) is 34.5. The summed E-state index contributed by atoms with van der Waals surface area (Å²) in [6.07, 6.45) is 0. The zero-order chi connectivity index (χ0) is 40.8. The maximum absolute atomic E-state index is 7.11. The Morgan fingerprint density at radius 2 is 0.934 bits per heavy atom. The standard InChI is InChI=1S/C58H41NO2/c1-57(2)48-18-10-7-15-40(48)42-24-21-36(29-50(42)57)37-28-47-46-27-34-13-5-6-14-35(34)31-54(46)61-56(47)52(30-37)59(39-23-26-45-44-17-9-12-20-53(44)60-55(45)33-39)38-22-25-43-41-16-8-11-19-49(41)58(3,4)51(43)32-38/h5-33H,1-4H3. The molecule has 3 heteroatoms. The van der Waals surface area contributed by atoms with E-state index in [0.29, 0.717) is 0 Å². The third-order valence-corrected chi connectivity index (χ3v) is 14.0. The number of nitrogens with zero attached hydrogens (tertiary/aromatic N) is 1. The van der Waals surface area contributed by atoms with Crippen molar-refractivity contribution in [3.05, 3.63) is 198 Å². The Labute approximate surface area is 354 Å². The fraction of sp³-hybridized carbons (Fsp3) is 0.103. The van der Waals surface area contributed by atoms with E-state index in [4.69, 9.17) is 8.83 Å². The van der Waals surface area contributed by atoms with Crippen molar-refractivity contribution in [2.45, 2.75) is 38.5 Å². The Balaban J connectivity index is 1.10. The van der Waals surface area contributed by atoms with E-state index in [9.17, 15) is 0 Å². The fourth-order valence-corrected chi connectivity index (χ4v) is 10.9.